The van der Waals surface area contributed by atoms with Gasteiger partial charge in [0, 0.05) is 30.4 Å². The molecule has 0 unspecified atom stereocenters. The van der Waals surface area contributed by atoms with Crippen molar-refractivity contribution in [3.63, 3.8) is 0 Å². The molecule has 43 heavy (non-hydrogen) atoms. The smallest absolute Gasteiger partial charge is 0.338 e. The Morgan fingerprint density at radius 3 is 2.51 bits per heavy atom. The molecule has 1 heterocycles. The second kappa shape index (κ2) is 13.6. The number of carbonyl (C=O) groups excluding carboxylic acids is 3. The number of rotatable bonds is 14. The van der Waals surface area contributed by atoms with E-state index in [1.807, 2.05) is 0 Å². The van der Waals surface area contributed by atoms with Gasteiger partial charge in [-0.1, -0.05) is 12.1 Å². The number of benzene rings is 1. The topological polar surface area (TPSA) is 173 Å². The van der Waals surface area contributed by atoms with E-state index >= 15 is 0 Å². The minimum Gasteiger partial charge on any atom is -0.499 e. The molecule has 234 valence electrons. The molecule has 3 aliphatic carbocycles. The molecule has 0 bridgehead atoms. The van der Waals surface area contributed by atoms with Gasteiger partial charge in [-0.25, -0.2) is 4.79 Å². The van der Waals surface area contributed by atoms with Crippen LogP contribution in [-0.4, -0.2) is 95.7 Å². The third-order valence-corrected chi connectivity index (χ3v) is 8.11. The maximum absolute atomic E-state index is 13.4. The largest absolute Gasteiger partial charge is 0.499 e. The van der Waals surface area contributed by atoms with Crippen LogP contribution in [0.5, 0.6) is 0 Å². The highest BCUT2D eigenvalue weighted by Crippen LogP contribution is 2.59. The molecule has 5 N–H and O–H groups in total. The first-order chi connectivity index (χ1) is 20.8. The first kappa shape index (κ1) is 31.1. The van der Waals surface area contributed by atoms with Gasteiger partial charge in [0.05, 0.1) is 31.1 Å². The standard InChI is InChI=1S/C31H40N2O10/c1-18(36)26(29(38)32-10-11-34)33-28(37)21-16-24(27-25(17-21)42-31(43-27,22-5-6-22)23-7-8-23)41-30(39)20-4-2-3-19(15-20)9-13-40-14-12-35/h2-4,9,13,15,17-18,22-27,34-36H,5-8,10-12,14,16H2,1H3,(H,32,38)(H,33,37)/t18-,24+,25+,26+,27-/m0/s1. The van der Waals surface area contributed by atoms with E-state index in [9.17, 15) is 19.5 Å². The maximum atomic E-state index is 13.4. The Kier molecular flexibility index (Phi) is 9.82. The number of aliphatic hydroxyl groups is 3. The van der Waals surface area contributed by atoms with Crippen LogP contribution in [0.1, 0.15) is 54.9 Å². The summed E-state index contributed by atoms with van der Waals surface area (Å²) >= 11 is 0. The van der Waals surface area contributed by atoms with E-state index in [-0.39, 0.29) is 50.2 Å². The highest BCUT2D eigenvalue weighted by molar-refractivity contribution is 5.97. The number of carbonyl (C=O) groups is 3. The number of hydrogen-bond acceptors (Lipinski definition) is 10. The molecule has 1 saturated heterocycles. The summed E-state index contributed by atoms with van der Waals surface area (Å²) in [4.78, 5) is 39.4. The van der Waals surface area contributed by atoms with Gasteiger partial charge in [-0.2, -0.15) is 0 Å². The number of ether oxygens (including phenoxy) is 4. The molecular weight excluding hydrogens is 560 g/mol. The van der Waals surface area contributed by atoms with Gasteiger partial charge in [-0.3, -0.25) is 9.59 Å². The fourth-order valence-electron chi connectivity index (χ4n) is 5.72. The molecule has 4 aliphatic rings. The quantitative estimate of drug-likeness (QED) is 0.117. The molecule has 1 aromatic rings. The summed E-state index contributed by atoms with van der Waals surface area (Å²) in [6.45, 7) is 1.12. The minimum atomic E-state index is -1.26. The van der Waals surface area contributed by atoms with Gasteiger partial charge in [0.25, 0.3) is 0 Å². The monoisotopic (exact) mass is 600 g/mol. The van der Waals surface area contributed by atoms with Crippen molar-refractivity contribution >= 4 is 23.9 Å². The maximum Gasteiger partial charge on any atom is 0.338 e. The van der Waals surface area contributed by atoms with Gasteiger partial charge in [0.1, 0.15) is 31.0 Å². The van der Waals surface area contributed by atoms with Crippen LogP contribution in [0, 0.1) is 11.8 Å². The summed E-state index contributed by atoms with van der Waals surface area (Å²) in [5, 5.41) is 33.1. The lowest BCUT2D eigenvalue weighted by Gasteiger charge is -2.31. The first-order valence-corrected chi connectivity index (χ1v) is 14.9. The van der Waals surface area contributed by atoms with Crippen molar-refractivity contribution in [2.75, 3.05) is 26.4 Å². The number of fused-ring (bicyclic) bond motifs is 1. The second-order valence-corrected chi connectivity index (χ2v) is 11.5. The summed E-state index contributed by atoms with van der Waals surface area (Å²) in [6, 6.07) is 5.52. The fraction of sp³-hybridized carbons (Fsp3) is 0.581. The molecule has 0 aromatic heterocycles. The molecule has 1 aliphatic heterocycles. The van der Waals surface area contributed by atoms with Crippen molar-refractivity contribution in [2.24, 2.45) is 11.8 Å². The van der Waals surface area contributed by atoms with Crippen LogP contribution >= 0.6 is 0 Å². The van der Waals surface area contributed by atoms with Crippen LogP contribution in [0.2, 0.25) is 0 Å². The number of amides is 2. The second-order valence-electron chi connectivity index (χ2n) is 11.5. The minimum absolute atomic E-state index is 0.0207. The van der Waals surface area contributed by atoms with E-state index in [0.717, 1.165) is 25.7 Å². The lowest BCUT2D eigenvalue weighted by Crippen LogP contribution is -2.54. The molecule has 2 saturated carbocycles. The third kappa shape index (κ3) is 7.27. The van der Waals surface area contributed by atoms with Gasteiger partial charge >= 0.3 is 5.97 Å². The molecule has 5 rings (SSSR count). The Hall–Kier alpha value is -3.29. The zero-order valence-electron chi connectivity index (χ0n) is 24.1. The summed E-state index contributed by atoms with van der Waals surface area (Å²) < 4.78 is 24.4. The van der Waals surface area contributed by atoms with Crippen LogP contribution in [0.4, 0.5) is 0 Å². The van der Waals surface area contributed by atoms with Crippen LogP contribution in [0.25, 0.3) is 6.08 Å². The first-order valence-electron chi connectivity index (χ1n) is 14.9. The van der Waals surface area contributed by atoms with Crippen molar-refractivity contribution in [2.45, 2.75) is 75.3 Å². The van der Waals surface area contributed by atoms with Crippen LogP contribution in [0.3, 0.4) is 0 Å². The zero-order chi connectivity index (χ0) is 30.6. The molecule has 0 radical (unpaired) electrons. The van der Waals surface area contributed by atoms with Gasteiger partial charge in [-0.05, 0) is 62.5 Å². The van der Waals surface area contributed by atoms with E-state index in [1.54, 1.807) is 36.4 Å². The molecular formula is C31H40N2O10. The average Bonchev–Trinajstić information content (AvgIpc) is 3.94. The summed E-state index contributed by atoms with van der Waals surface area (Å²) in [5.74, 6) is -2.10. The Morgan fingerprint density at radius 1 is 1.12 bits per heavy atom. The van der Waals surface area contributed by atoms with Crippen molar-refractivity contribution < 1.29 is 48.7 Å². The van der Waals surface area contributed by atoms with E-state index in [4.69, 9.17) is 29.2 Å². The SMILES string of the molecule is C[C@H](O)[C@@H](NC(=O)C1=C[C@H]2OC(C3CC3)(C3CC3)O[C@H]2[C@H](OC(=O)c2cccc(C=COCCO)c2)C1)C(=O)NCCO. The van der Waals surface area contributed by atoms with Crippen LogP contribution in [-0.2, 0) is 28.5 Å². The highest BCUT2D eigenvalue weighted by Gasteiger charge is 2.64. The summed E-state index contributed by atoms with van der Waals surface area (Å²) in [6.07, 6.45) is 5.44. The number of esters is 1. The number of hydrogen-bond donors (Lipinski definition) is 5. The van der Waals surface area contributed by atoms with Crippen molar-refractivity contribution in [1.29, 1.82) is 0 Å². The van der Waals surface area contributed by atoms with Crippen LogP contribution < -0.4 is 10.6 Å². The fourth-order valence-corrected chi connectivity index (χ4v) is 5.72. The van der Waals surface area contributed by atoms with Gasteiger partial charge in [0.15, 0.2) is 5.79 Å². The Bertz CT molecular complexity index is 1230. The Morgan fingerprint density at radius 2 is 1.86 bits per heavy atom. The molecule has 5 atom stereocenters. The van der Waals surface area contributed by atoms with Crippen molar-refractivity contribution in [3.05, 3.63) is 53.3 Å². The number of nitrogens with one attached hydrogen (secondary N) is 2. The lowest BCUT2D eigenvalue weighted by molar-refractivity contribution is -0.209. The average molecular weight is 601 g/mol. The molecule has 12 heteroatoms. The molecule has 12 nitrogen and oxygen atoms in total. The van der Waals surface area contributed by atoms with E-state index in [1.165, 1.54) is 13.2 Å². The van der Waals surface area contributed by atoms with E-state index in [2.05, 4.69) is 10.6 Å². The number of aliphatic hydroxyl groups excluding tert-OH is 3. The summed E-state index contributed by atoms with van der Waals surface area (Å²) in [7, 11) is 0. The Balaban J connectivity index is 1.35. The van der Waals surface area contributed by atoms with Gasteiger partial charge in [-0.15, -0.1) is 0 Å². The zero-order valence-corrected chi connectivity index (χ0v) is 24.1. The van der Waals surface area contributed by atoms with Crippen molar-refractivity contribution in [3.8, 4) is 0 Å². The predicted molar refractivity (Wildman–Crippen MR) is 152 cm³/mol. The van der Waals surface area contributed by atoms with Gasteiger partial charge < -0.3 is 44.9 Å². The molecule has 3 fully saturated rings. The highest BCUT2D eigenvalue weighted by atomic mass is 16.8. The third-order valence-electron chi connectivity index (χ3n) is 8.11. The molecule has 0 spiro atoms. The van der Waals surface area contributed by atoms with E-state index in [0.29, 0.717) is 11.1 Å². The lowest BCUT2D eigenvalue weighted by atomic mass is 9.91. The molecule has 1 aromatic carbocycles. The van der Waals surface area contributed by atoms with E-state index < -0.39 is 54.0 Å². The van der Waals surface area contributed by atoms with Crippen LogP contribution in [0.15, 0.2) is 42.2 Å². The normalized spacial score (nSPS) is 25.8. The molecule has 2 amide bonds. The Labute approximate surface area is 250 Å². The summed E-state index contributed by atoms with van der Waals surface area (Å²) in [5.41, 5.74) is 1.24. The predicted octanol–water partition coefficient (Wildman–Crippen LogP) is 0.796. The van der Waals surface area contributed by atoms with Gasteiger partial charge in [0.2, 0.25) is 11.8 Å². The van der Waals surface area contributed by atoms with Crippen molar-refractivity contribution in [1.82, 2.24) is 10.6 Å².